The molecule has 0 aromatic heterocycles. The van der Waals surface area contributed by atoms with Gasteiger partial charge >= 0.3 is 0 Å². The van der Waals surface area contributed by atoms with E-state index < -0.39 is 10.0 Å². The Hall–Kier alpha value is -2.54. The van der Waals surface area contributed by atoms with E-state index in [1.807, 2.05) is 0 Å². The highest BCUT2D eigenvalue weighted by atomic mass is 32.2. The first kappa shape index (κ1) is 18.3. The Morgan fingerprint density at radius 2 is 1.81 bits per heavy atom. The van der Waals surface area contributed by atoms with Gasteiger partial charge in [-0.2, -0.15) is 0 Å². The van der Waals surface area contributed by atoms with Gasteiger partial charge in [0.1, 0.15) is 12.3 Å². The van der Waals surface area contributed by atoms with Gasteiger partial charge in [0.25, 0.3) is 10.0 Å². The Balaban J connectivity index is 1.83. The van der Waals surface area contributed by atoms with Crippen LogP contribution in [0.4, 0.5) is 11.4 Å². The van der Waals surface area contributed by atoms with Gasteiger partial charge in [-0.3, -0.25) is 9.10 Å². The Kier molecular flexibility index (Phi) is 5.18. The summed E-state index contributed by atoms with van der Waals surface area (Å²) in [4.78, 5) is 12.0. The number of carbonyl (C=O) groups is 1. The topological polar surface area (TPSA) is 75.7 Å². The number of sulfonamides is 1. The zero-order valence-corrected chi connectivity index (χ0v) is 15.6. The Bertz CT molecular complexity index is 892. The van der Waals surface area contributed by atoms with Gasteiger partial charge in [-0.25, -0.2) is 8.42 Å². The molecule has 0 radical (unpaired) electrons. The average Bonchev–Trinajstić information content (AvgIpc) is 2.61. The molecular weight excluding hydrogens is 352 g/mol. The molecular formula is C19H22N2O4S. The summed E-state index contributed by atoms with van der Waals surface area (Å²) in [6, 6.07) is 13.1. The Morgan fingerprint density at radius 1 is 1.12 bits per heavy atom. The normalized spacial score (nSPS) is 14.1. The fourth-order valence-corrected chi connectivity index (χ4v) is 4.10. The van der Waals surface area contributed by atoms with Crippen molar-refractivity contribution in [3.8, 4) is 5.75 Å². The van der Waals surface area contributed by atoms with Crippen LogP contribution >= 0.6 is 0 Å². The number of rotatable bonds is 6. The summed E-state index contributed by atoms with van der Waals surface area (Å²) in [5.74, 6) is 0.808. The molecule has 1 N–H and O–H groups in total. The summed E-state index contributed by atoms with van der Waals surface area (Å²) in [6.07, 6.45) is 0.930. The van der Waals surface area contributed by atoms with Crippen LogP contribution in [0.25, 0.3) is 0 Å². The number of carbonyl (C=O) groups excluding carboxylic acids is 1. The van der Waals surface area contributed by atoms with E-state index in [0.29, 0.717) is 29.6 Å². The summed E-state index contributed by atoms with van der Waals surface area (Å²) >= 11 is 0. The van der Waals surface area contributed by atoms with Crippen LogP contribution in [0.15, 0.2) is 53.4 Å². The highest BCUT2D eigenvalue weighted by molar-refractivity contribution is 7.92. The minimum absolute atomic E-state index is 0.123. The second-order valence-corrected chi connectivity index (χ2v) is 8.44. The van der Waals surface area contributed by atoms with Gasteiger partial charge in [-0.1, -0.05) is 26.0 Å². The van der Waals surface area contributed by atoms with Crippen molar-refractivity contribution >= 4 is 27.3 Å². The molecule has 1 heterocycles. The molecule has 2 aromatic carbocycles. The zero-order valence-electron chi connectivity index (χ0n) is 14.8. The van der Waals surface area contributed by atoms with Crippen LogP contribution in [-0.4, -0.2) is 27.5 Å². The van der Waals surface area contributed by atoms with Crippen LogP contribution < -0.4 is 14.4 Å². The van der Waals surface area contributed by atoms with E-state index in [1.165, 1.54) is 12.1 Å². The third-order valence-electron chi connectivity index (χ3n) is 4.11. The smallest absolute Gasteiger partial charge is 0.264 e. The lowest BCUT2D eigenvalue weighted by atomic mass is 10.1. The lowest BCUT2D eigenvalue weighted by Gasteiger charge is -2.30. The lowest BCUT2D eigenvalue weighted by Crippen LogP contribution is -2.42. The van der Waals surface area contributed by atoms with Crippen molar-refractivity contribution < 1.29 is 17.9 Å². The quantitative estimate of drug-likeness (QED) is 0.842. The maximum atomic E-state index is 13.0. The summed E-state index contributed by atoms with van der Waals surface area (Å²) in [6.45, 7) is 4.58. The van der Waals surface area contributed by atoms with Gasteiger partial charge < -0.3 is 10.1 Å². The number of hydrogen-bond acceptors (Lipinski definition) is 4. The van der Waals surface area contributed by atoms with Crippen LogP contribution in [0, 0.1) is 5.92 Å². The number of para-hydroxylation sites is 2. The van der Waals surface area contributed by atoms with Crippen LogP contribution in [-0.2, 0) is 14.8 Å². The van der Waals surface area contributed by atoms with E-state index in [2.05, 4.69) is 19.2 Å². The second kappa shape index (κ2) is 7.37. The predicted octanol–water partition coefficient (Wildman–Crippen LogP) is 3.26. The summed E-state index contributed by atoms with van der Waals surface area (Å²) in [5.41, 5.74) is 0.949. The molecule has 0 aliphatic carbocycles. The maximum absolute atomic E-state index is 13.0. The summed E-state index contributed by atoms with van der Waals surface area (Å²) in [7, 11) is -3.84. The van der Waals surface area contributed by atoms with Gasteiger partial charge in [0.2, 0.25) is 5.91 Å². The minimum atomic E-state index is -3.84. The van der Waals surface area contributed by atoms with Crippen molar-refractivity contribution in [2.24, 2.45) is 5.92 Å². The van der Waals surface area contributed by atoms with Gasteiger partial charge in [0.15, 0.2) is 0 Å². The molecule has 0 saturated heterocycles. The molecule has 0 spiro atoms. The van der Waals surface area contributed by atoms with Gasteiger partial charge in [-0.15, -0.1) is 0 Å². The largest absolute Gasteiger partial charge is 0.494 e. The molecule has 0 fully saturated rings. The van der Waals surface area contributed by atoms with E-state index in [0.717, 1.165) is 10.7 Å². The molecule has 26 heavy (non-hydrogen) atoms. The molecule has 2 aromatic rings. The number of nitrogens with zero attached hydrogens (tertiary/aromatic N) is 1. The number of hydrogen-bond donors (Lipinski definition) is 1. The van der Waals surface area contributed by atoms with Gasteiger partial charge in [0, 0.05) is 0 Å². The molecule has 1 aliphatic rings. The molecule has 7 heteroatoms. The minimum Gasteiger partial charge on any atom is -0.494 e. The number of ether oxygens (including phenoxy) is 1. The number of nitrogens with one attached hydrogen (secondary N) is 1. The van der Waals surface area contributed by atoms with Crippen LogP contribution in [0.3, 0.4) is 0 Å². The highest BCUT2D eigenvalue weighted by Crippen LogP contribution is 2.33. The van der Waals surface area contributed by atoms with E-state index >= 15 is 0 Å². The lowest BCUT2D eigenvalue weighted by molar-refractivity contribution is -0.115. The Morgan fingerprint density at radius 3 is 2.50 bits per heavy atom. The van der Waals surface area contributed by atoms with E-state index in [1.54, 1.807) is 36.4 Å². The SMILES string of the molecule is CC(C)CCOc1ccc(S(=O)(=O)N2CC(=O)Nc3ccccc32)cc1. The van der Waals surface area contributed by atoms with Crippen LogP contribution in [0.2, 0.25) is 0 Å². The van der Waals surface area contributed by atoms with Crippen LogP contribution in [0.1, 0.15) is 20.3 Å². The molecule has 1 amide bonds. The first-order valence-corrected chi connectivity index (χ1v) is 9.96. The van der Waals surface area contributed by atoms with E-state index in [-0.39, 0.29) is 17.3 Å². The summed E-state index contributed by atoms with van der Waals surface area (Å²) < 4.78 is 32.8. The van der Waals surface area contributed by atoms with E-state index in [9.17, 15) is 13.2 Å². The number of amides is 1. The van der Waals surface area contributed by atoms with Crippen molar-refractivity contribution in [2.45, 2.75) is 25.2 Å². The van der Waals surface area contributed by atoms with Crippen molar-refractivity contribution in [1.29, 1.82) is 0 Å². The zero-order chi connectivity index (χ0) is 18.7. The van der Waals surface area contributed by atoms with Crippen LogP contribution in [0.5, 0.6) is 5.75 Å². The second-order valence-electron chi connectivity index (χ2n) is 6.58. The number of fused-ring (bicyclic) bond motifs is 1. The monoisotopic (exact) mass is 374 g/mol. The van der Waals surface area contributed by atoms with Crippen molar-refractivity contribution in [3.63, 3.8) is 0 Å². The van der Waals surface area contributed by atoms with Crippen molar-refractivity contribution in [3.05, 3.63) is 48.5 Å². The highest BCUT2D eigenvalue weighted by Gasteiger charge is 2.32. The third-order valence-corrected chi connectivity index (χ3v) is 5.88. The molecule has 1 aliphatic heterocycles. The first-order chi connectivity index (χ1) is 12.4. The first-order valence-electron chi connectivity index (χ1n) is 8.52. The molecule has 138 valence electrons. The fraction of sp³-hybridized carbons (Fsp3) is 0.316. The maximum Gasteiger partial charge on any atom is 0.264 e. The fourth-order valence-electron chi connectivity index (χ4n) is 2.66. The summed E-state index contributed by atoms with van der Waals surface area (Å²) in [5, 5.41) is 2.69. The molecule has 0 atom stereocenters. The van der Waals surface area contributed by atoms with Gasteiger partial charge in [0.05, 0.1) is 22.9 Å². The predicted molar refractivity (Wildman–Crippen MR) is 101 cm³/mol. The third kappa shape index (κ3) is 3.83. The molecule has 0 unspecified atom stereocenters. The molecule has 0 bridgehead atoms. The average molecular weight is 374 g/mol. The molecule has 3 rings (SSSR count). The standard InChI is InChI=1S/C19H22N2O4S/c1-14(2)11-12-25-15-7-9-16(10-8-15)26(23,24)21-13-19(22)20-17-5-3-4-6-18(17)21/h3-10,14H,11-13H2,1-2H3,(H,20,22). The van der Waals surface area contributed by atoms with Crippen molar-refractivity contribution in [1.82, 2.24) is 0 Å². The van der Waals surface area contributed by atoms with E-state index in [4.69, 9.17) is 4.74 Å². The van der Waals surface area contributed by atoms with Crippen molar-refractivity contribution in [2.75, 3.05) is 22.8 Å². The Labute approximate surface area is 153 Å². The molecule has 6 nitrogen and oxygen atoms in total. The number of anilines is 2. The molecule has 0 saturated carbocycles. The van der Waals surface area contributed by atoms with Gasteiger partial charge in [-0.05, 0) is 48.7 Å². The number of benzene rings is 2.